The van der Waals surface area contributed by atoms with Gasteiger partial charge >= 0.3 is 0 Å². The maximum Gasteiger partial charge on any atom is 0.170 e. The highest BCUT2D eigenvalue weighted by Gasteiger charge is 2.13. The molecule has 19 heavy (non-hydrogen) atoms. The average Bonchev–Trinajstić information content (AvgIpc) is 3.00. The lowest BCUT2D eigenvalue weighted by atomic mass is 10.3. The smallest absolute Gasteiger partial charge is 0.170 e. The van der Waals surface area contributed by atoms with Gasteiger partial charge in [0.25, 0.3) is 0 Å². The second-order valence-electron chi connectivity index (χ2n) is 4.35. The van der Waals surface area contributed by atoms with E-state index in [4.69, 9.17) is 0 Å². The molecular formula is C14H10N4S. The molecule has 3 aromatic heterocycles. The van der Waals surface area contributed by atoms with Crippen LogP contribution >= 0.6 is 11.3 Å². The maximum absolute atomic E-state index is 4.65. The second-order valence-corrected chi connectivity index (χ2v) is 5.38. The third-order valence-corrected chi connectivity index (χ3v) is 4.20. The fourth-order valence-corrected chi connectivity index (χ4v) is 3.20. The predicted molar refractivity (Wildman–Crippen MR) is 77.1 cm³/mol. The van der Waals surface area contributed by atoms with E-state index < -0.39 is 0 Å². The lowest BCUT2D eigenvalue weighted by Gasteiger charge is -1.97. The first-order chi connectivity index (χ1) is 9.33. The summed E-state index contributed by atoms with van der Waals surface area (Å²) in [7, 11) is 2.01. The summed E-state index contributed by atoms with van der Waals surface area (Å²) in [5.74, 6) is 0.893. The van der Waals surface area contributed by atoms with Gasteiger partial charge in [-0.25, -0.2) is 9.97 Å². The number of rotatable bonds is 1. The predicted octanol–water partition coefficient (Wildman–Crippen LogP) is 3.25. The van der Waals surface area contributed by atoms with Gasteiger partial charge in [-0.05, 0) is 18.2 Å². The Labute approximate surface area is 113 Å². The Bertz CT molecular complexity index is 858. The molecule has 0 spiro atoms. The largest absolute Gasteiger partial charge is 0.325 e. The van der Waals surface area contributed by atoms with E-state index in [-0.39, 0.29) is 0 Å². The maximum atomic E-state index is 4.65. The molecule has 0 unspecified atom stereocenters. The number of hydrogen-bond donors (Lipinski definition) is 0. The van der Waals surface area contributed by atoms with Crippen LogP contribution in [0.1, 0.15) is 0 Å². The Morgan fingerprint density at radius 1 is 1.05 bits per heavy atom. The summed E-state index contributed by atoms with van der Waals surface area (Å²) < 4.78 is 3.25. The highest BCUT2D eigenvalue weighted by molar-refractivity contribution is 7.21. The van der Waals surface area contributed by atoms with Gasteiger partial charge in [0.15, 0.2) is 10.8 Å². The second kappa shape index (κ2) is 3.86. The highest BCUT2D eigenvalue weighted by atomic mass is 32.1. The van der Waals surface area contributed by atoms with E-state index in [1.807, 2.05) is 31.3 Å². The van der Waals surface area contributed by atoms with Crippen LogP contribution < -0.4 is 0 Å². The molecule has 0 fully saturated rings. The summed E-state index contributed by atoms with van der Waals surface area (Å²) in [6, 6.07) is 10.1. The van der Waals surface area contributed by atoms with E-state index in [2.05, 4.69) is 25.6 Å². The highest BCUT2D eigenvalue weighted by Crippen LogP contribution is 2.30. The number of aromatic nitrogens is 4. The van der Waals surface area contributed by atoms with Crippen LogP contribution in [0.3, 0.4) is 0 Å². The molecule has 0 radical (unpaired) electrons. The molecule has 0 aliphatic heterocycles. The zero-order valence-corrected chi connectivity index (χ0v) is 11.1. The summed E-state index contributed by atoms with van der Waals surface area (Å²) >= 11 is 1.66. The Morgan fingerprint density at radius 3 is 2.79 bits per heavy atom. The number of thiazole rings is 1. The number of fused-ring (bicyclic) bond motifs is 2. The van der Waals surface area contributed by atoms with Crippen LogP contribution in [0.25, 0.3) is 32.1 Å². The number of benzene rings is 1. The van der Waals surface area contributed by atoms with Gasteiger partial charge in [0.05, 0.1) is 21.9 Å². The number of aryl methyl sites for hydroxylation is 1. The Hall–Kier alpha value is -2.27. The Kier molecular flexibility index (Phi) is 2.16. The molecule has 0 aliphatic carbocycles. The quantitative estimate of drug-likeness (QED) is 0.531. The SMILES string of the molecule is Cn1c(-c2nc3ccccc3s2)nc2cnccc21. The van der Waals surface area contributed by atoms with Gasteiger partial charge in [-0.1, -0.05) is 12.1 Å². The number of pyridine rings is 1. The normalized spacial score (nSPS) is 11.4. The summed E-state index contributed by atoms with van der Waals surface area (Å²) in [6.07, 6.45) is 3.57. The van der Waals surface area contributed by atoms with Gasteiger partial charge in [-0.3, -0.25) is 4.98 Å². The van der Waals surface area contributed by atoms with Crippen LogP contribution in [0.2, 0.25) is 0 Å². The number of imidazole rings is 1. The van der Waals surface area contributed by atoms with Crippen LogP contribution in [0.5, 0.6) is 0 Å². The van der Waals surface area contributed by atoms with Crippen LogP contribution in [0, 0.1) is 0 Å². The number of hydrogen-bond acceptors (Lipinski definition) is 4. The molecular weight excluding hydrogens is 256 g/mol. The molecule has 1 aromatic carbocycles. The lowest BCUT2D eigenvalue weighted by Crippen LogP contribution is -1.91. The van der Waals surface area contributed by atoms with Gasteiger partial charge in [0.2, 0.25) is 0 Å². The van der Waals surface area contributed by atoms with Crippen LogP contribution in [-0.4, -0.2) is 19.5 Å². The first kappa shape index (κ1) is 10.6. The molecule has 4 rings (SSSR count). The minimum atomic E-state index is 0.893. The van der Waals surface area contributed by atoms with Crippen molar-refractivity contribution in [2.75, 3.05) is 0 Å². The van der Waals surface area contributed by atoms with Crippen molar-refractivity contribution in [3.8, 4) is 10.8 Å². The van der Waals surface area contributed by atoms with Crippen molar-refractivity contribution >= 4 is 32.6 Å². The van der Waals surface area contributed by atoms with Gasteiger partial charge < -0.3 is 4.57 Å². The summed E-state index contributed by atoms with van der Waals surface area (Å²) in [6.45, 7) is 0. The van der Waals surface area contributed by atoms with Crippen LogP contribution in [0.15, 0.2) is 42.7 Å². The van der Waals surface area contributed by atoms with Crippen molar-refractivity contribution < 1.29 is 0 Å². The standard InChI is InChI=1S/C14H10N4S/c1-18-11-6-7-15-8-10(11)16-13(18)14-17-9-4-2-3-5-12(9)19-14/h2-8H,1H3. The van der Waals surface area contributed by atoms with E-state index >= 15 is 0 Å². The molecule has 4 aromatic rings. The summed E-state index contributed by atoms with van der Waals surface area (Å²) in [5.41, 5.74) is 3.00. The fourth-order valence-electron chi connectivity index (χ4n) is 2.21. The molecule has 0 amide bonds. The number of nitrogens with zero attached hydrogens (tertiary/aromatic N) is 4. The van der Waals surface area contributed by atoms with Crippen molar-refractivity contribution in [1.82, 2.24) is 19.5 Å². The van der Waals surface area contributed by atoms with Crippen LogP contribution in [0.4, 0.5) is 0 Å². The fraction of sp³-hybridized carbons (Fsp3) is 0.0714. The van der Waals surface area contributed by atoms with E-state index in [1.54, 1.807) is 23.7 Å². The molecule has 0 atom stereocenters. The van der Waals surface area contributed by atoms with E-state index in [1.165, 1.54) is 4.70 Å². The van der Waals surface area contributed by atoms with Gasteiger partial charge in [0, 0.05) is 13.2 Å². The zero-order chi connectivity index (χ0) is 12.8. The molecule has 0 saturated heterocycles. The molecule has 4 nitrogen and oxygen atoms in total. The number of para-hydroxylation sites is 1. The van der Waals surface area contributed by atoms with E-state index in [0.717, 1.165) is 27.4 Å². The van der Waals surface area contributed by atoms with Crippen molar-refractivity contribution in [1.29, 1.82) is 0 Å². The minimum Gasteiger partial charge on any atom is -0.325 e. The monoisotopic (exact) mass is 266 g/mol. The van der Waals surface area contributed by atoms with Crippen LogP contribution in [-0.2, 0) is 7.05 Å². The van der Waals surface area contributed by atoms with Crippen molar-refractivity contribution in [3.05, 3.63) is 42.7 Å². The lowest BCUT2D eigenvalue weighted by molar-refractivity contribution is 0.957. The first-order valence-electron chi connectivity index (χ1n) is 5.95. The van der Waals surface area contributed by atoms with Gasteiger partial charge in [-0.2, -0.15) is 0 Å². The molecule has 0 saturated carbocycles. The summed E-state index contributed by atoms with van der Waals surface area (Å²) in [4.78, 5) is 13.4. The molecule has 3 heterocycles. The molecule has 0 aliphatic rings. The van der Waals surface area contributed by atoms with Crippen molar-refractivity contribution in [2.45, 2.75) is 0 Å². The first-order valence-corrected chi connectivity index (χ1v) is 6.77. The third kappa shape index (κ3) is 1.55. The molecule has 0 bridgehead atoms. The topological polar surface area (TPSA) is 43.6 Å². The summed E-state index contributed by atoms with van der Waals surface area (Å²) in [5, 5.41) is 0.944. The Morgan fingerprint density at radius 2 is 1.95 bits per heavy atom. The molecule has 0 N–H and O–H groups in total. The third-order valence-electron chi connectivity index (χ3n) is 3.17. The van der Waals surface area contributed by atoms with E-state index in [9.17, 15) is 0 Å². The van der Waals surface area contributed by atoms with Gasteiger partial charge in [0.1, 0.15) is 5.52 Å². The van der Waals surface area contributed by atoms with Gasteiger partial charge in [-0.15, -0.1) is 11.3 Å². The molecule has 5 heteroatoms. The van der Waals surface area contributed by atoms with Crippen molar-refractivity contribution in [3.63, 3.8) is 0 Å². The molecule has 92 valence electrons. The zero-order valence-electron chi connectivity index (χ0n) is 10.2. The average molecular weight is 266 g/mol. The van der Waals surface area contributed by atoms with E-state index in [0.29, 0.717) is 0 Å². The Balaban J connectivity index is 2.01. The van der Waals surface area contributed by atoms with Crippen molar-refractivity contribution in [2.24, 2.45) is 7.05 Å². The minimum absolute atomic E-state index is 0.893.